The summed E-state index contributed by atoms with van der Waals surface area (Å²) in [6.45, 7) is 14.2. The zero-order valence-electron chi connectivity index (χ0n) is 20.2. The number of nitrogens with zero attached hydrogens (tertiary/aromatic N) is 1. The molecule has 0 atom stereocenters. The van der Waals surface area contributed by atoms with Crippen LogP contribution >= 0.6 is 0 Å². The van der Waals surface area contributed by atoms with Crippen molar-refractivity contribution in [3.05, 3.63) is 70.3 Å². The highest BCUT2D eigenvalue weighted by Crippen LogP contribution is 2.40. The van der Waals surface area contributed by atoms with Gasteiger partial charge in [-0.25, -0.2) is 10.3 Å². The number of hydrogen-bond donors (Lipinski definition) is 2. The Morgan fingerprint density at radius 3 is 2.22 bits per heavy atom. The van der Waals surface area contributed by atoms with Gasteiger partial charge in [0.25, 0.3) is 0 Å². The van der Waals surface area contributed by atoms with Crippen molar-refractivity contribution >= 4 is 12.1 Å². The van der Waals surface area contributed by atoms with E-state index in [1.165, 1.54) is 5.57 Å². The maximum Gasteiger partial charge on any atom is 0.341 e. The first-order chi connectivity index (χ1) is 14.9. The Hall–Kier alpha value is -2.79. The maximum absolute atomic E-state index is 12.5. The molecular formula is C27H36N2O3. The molecule has 0 aromatic heterocycles. The Balaban J connectivity index is 1.70. The third-order valence-corrected chi connectivity index (χ3v) is 5.74. The van der Waals surface area contributed by atoms with Crippen molar-refractivity contribution in [2.75, 3.05) is 13.1 Å². The molecule has 1 aliphatic heterocycles. The van der Waals surface area contributed by atoms with Gasteiger partial charge in [0.15, 0.2) is 0 Å². The van der Waals surface area contributed by atoms with Crippen LogP contribution in [0.5, 0.6) is 5.75 Å². The van der Waals surface area contributed by atoms with Gasteiger partial charge in [-0.15, -0.1) is 0 Å². The second-order valence-corrected chi connectivity index (χ2v) is 10.6. The fourth-order valence-electron chi connectivity index (χ4n) is 3.91. The van der Waals surface area contributed by atoms with E-state index in [0.29, 0.717) is 25.4 Å². The van der Waals surface area contributed by atoms with E-state index in [-0.39, 0.29) is 16.9 Å². The third kappa shape index (κ3) is 5.92. The summed E-state index contributed by atoms with van der Waals surface area (Å²) in [4.78, 5) is 19.6. The molecule has 0 aliphatic carbocycles. The minimum atomic E-state index is -0.221. The minimum Gasteiger partial charge on any atom is -0.507 e. The first-order valence-corrected chi connectivity index (χ1v) is 11.2. The molecule has 1 fully saturated rings. The van der Waals surface area contributed by atoms with Crippen LogP contribution in [0.15, 0.2) is 48.0 Å². The number of hydrogen-bond acceptors (Lipinski definition) is 3. The molecule has 32 heavy (non-hydrogen) atoms. The van der Waals surface area contributed by atoms with Crippen LogP contribution < -0.4 is 5.48 Å². The largest absolute Gasteiger partial charge is 0.507 e. The van der Waals surface area contributed by atoms with Gasteiger partial charge in [-0.3, -0.25) is 4.84 Å². The quantitative estimate of drug-likeness (QED) is 0.585. The number of urea groups is 1. The van der Waals surface area contributed by atoms with E-state index in [4.69, 9.17) is 4.84 Å². The zero-order valence-corrected chi connectivity index (χ0v) is 20.2. The van der Waals surface area contributed by atoms with E-state index in [9.17, 15) is 9.90 Å². The minimum absolute atomic E-state index is 0.170. The molecule has 1 aliphatic rings. The fourth-order valence-corrected chi connectivity index (χ4v) is 3.91. The van der Waals surface area contributed by atoms with Crippen molar-refractivity contribution in [3.63, 3.8) is 0 Å². The Bertz CT molecular complexity index is 947. The summed E-state index contributed by atoms with van der Waals surface area (Å²) >= 11 is 0. The summed E-state index contributed by atoms with van der Waals surface area (Å²) in [5.74, 6) is 0.384. The van der Waals surface area contributed by atoms with E-state index in [1.807, 2.05) is 30.3 Å². The van der Waals surface area contributed by atoms with Crippen molar-refractivity contribution in [3.8, 4) is 5.75 Å². The summed E-state index contributed by atoms with van der Waals surface area (Å²) in [6, 6.07) is 13.7. The van der Waals surface area contributed by atoms with Gasteiger partial charge in [0.1, 0.15) is 5.75 Å². The molecule has 1 saturated heterocycles. The molecule has 2 amide bonds. The average molecular weight is 437 g/mol. The van der Waals surface area contributed by atoms with Crippen LogP contribution in [0.3, 0.4) is 0 Å². The lowest BCUT2D eigenvalue weighted by atomic mass is 9.78. The predicted octanol–water partition coefficient (Wildman–Crippen LogP) is 5.92. The number of carbonyl (C=O) groups excluding carboxylic acids is 1. The van der Waals surface area contributed by atoms with Crippen LogP contribution in [0.25, 0.3) is 6.08 Å². The van der Waals surface area contributed by atoms with E-state index in [2.05, 4.69) is 65.2 Å². The lowest BCUT2D eigenvalue weighted by Gasteiger charge is -2.28. The van der Waals surface area contributed by atoms with Gasteiger partial charge in [-0.1, -0.05) is 78.0 Å². The summed E-state index contributed by atoms with van der Waals surface area (Å²) < 4.78 is 0. The molecule has 2 aromatic carbocycles. The van der Waals surface area contributed by atoms with Gasteiger partial charge in [-0.2, -0.15) is 0 Å². The van der Waals surface area contributed by atoms with E-state index < -0.39 is 0 Å². The van der Waals surface area contributed by atoms with Crippen LogP contribution in [-0.4, -0.2) is 29.1 Å². The molecule has 0 spiro atoms. The Morgan fingerprint density at radius 1 is 1.06 bits per heavy atom. The number of phenolic OH excluding ortho intramolecular Hbond substituents is 1. The topological polar surface area (TPSA) is 61.8 Å². The number of amides is 2. The number of rotatable bonds is 4. The highest BCUT2D eigenvalue weighted by Gasteiger charge is 2.27. The lowest BCUT2D eigenvalue weighted by molar-refractivity contribution is 0.0389. The number of nitrogens with one attached hydrogen (secondary N) is 1. The van der Waals surface area contributed by atoms with Crippen molar-refractivity contribution in [2.24, 2.45) is 0 Å². The average Bonchev–Trinajstić information content (AvgIpc) is 3.17. The molecule has 0 saturated carbocycles. The van der Waals surface area contributed by atoms with E-state index in [1.54, 1.807) is 4.90 Å². The van der Waals surface area contributed by atoms with Gasteiger partial charge in [0, 0.05) is 24.2 Å². The zero-order chi connectivity index (χ0) is 23.5. The highest BCUT2D eigenvalue weighted by molar-refractivity contribution is 5.74. The van der Waals surface area contributed by atoms with Gasteiger partial charge in [0.05, 0.1) is 6.61 Å². The monoisotopic (exact) mass is 436 g/mol. The number of aromatic hydroxyl groups is 1. The molecule has 2 aromatic rings. The summed E-state index contributed by atoms with van der Waals surface area (Å²) in [7, 11) is 0. The van der Waals surface area contributed by atoms with Gasteiger partial charge < -0.3 is 10.0 Å². The molecular weight excluding hydrogens is 400 g/mol. The second-order valence-electron chi connectivity index (χ2n) is 10.6. The lowest BCUT2D eigenvalue weighted by Crippen LogP contribution is -2.37. The summed E-state index contributed by atoms with van der Waals surface area (Å²) in [6.07, 6.45) is 2.98. The number of carbonyl (C=O) groups is 1. The Labute approximate surface area is 192 Å². The van der Waals surface area contributed by atoms with Crippen LogP contribution in [0.4, 0.5) is 4.79 Å². The predicted molar refractivity (Wildman–Crippen MR) is 129 cm³/mol. The van der Waals surface area contributed by atoms with Crippen molar-refractivity contribution in [1.29, 1.82) is 0 Å². The number of phenols is 1. The first-order valence-electron chi connectivity index (χ1n) is 11.2. The molecule has 0 unspecified atom stereocenters. The van der Waals surface area contributed by atoms with Gasteiger partial charge in [0.2, 0.25) is 0 Å². The molecule has 0 radical (unpaired) electrons. The van der Waals surface area contributed by atoms with Crippen molar-refractivity contribution in [1.82, 2.24) is 10.4 Å². The SMILES string of the molecule is CC(C)(C)c1cc(C=C2CCN(C(=O)NOCc3ccccc3)C2)cc(C(C)(C)C)c1O. The number of benzene rings is 2. The Kier molecular flexibility index (Phi) is 6.99. The third-order valence-electron chi connectivity index (χ3n) is 5.74. The van der Waals surface area contributed by atoms with Crippen molar-refractivity contribution in [2.45, 2.75) is 65.4 Å². The standard InChI is InChI=1S/C27H36N2O3/c1-26(2,3)22-15-21(16-23(24(22)30)27(4,5)6)14-20-12-13-29(17-20)25(31)28-32-18-19-10-8-7-9-11-19/h7-11,14-16,30H,12-13,17-18H2,1-6H3,(H,28,31). The number of likely N-dealkylation sites (tertiary alicyclic amines) is 1. The molecule has 2 N–H and O–H groups in total. The molecule has 5 nitrogen and oxygen atoms in total. The van der Waals surface area contributed by atoms with Crippen LogP contribution in [-0.2, 0) is 22.3 Å². The van der Waals surface area contributed by atoms with Crippen molar-refractivity contribution < 1.29 is 14.7 Å². The van der Waals surface area contributed by atoms with Crippen LogP contribution in [0.2, 0.25) is 0 Å². The van der Waals surface area contributed by atoms with E-state index in [0.717, 1.165) is 28.7 Å². The maximum atomic E-state index is 12.5. The van der Waals surface area contributed by atoms with Gasteiger partial charge >= 0.3 is 6.03 Å². The molecule has 0 bridgehead atoms. The molecule has 172 valence electrons. The summed E-state index contributed by atoms with van der Waals surface area (Å²) in [5.41, 5.74) is 7.35. The first kappa shape index (κ1) is 23.9. The summed E-state index contributed by atoms with van der Waals surface area (Å²) in [5, 5.41) is 10.9. The molecule has 1 heterocycles. The highest BCUT2D eigenvalue weighted by atomic mass is 16.7. The fraction of sp³-hybridized carbons (Fsp3) is 0.444. The van der Waals surface area contributed by atoms with Crippen LogP contribution in [0, 0.1) is 0 Å². The molecule has 3 rings (SSSR count). The number of hydroxylamine groups is 1. The second kappa shape index (κ2) is 9.37. The Morgan fingerprint density at radius 2 is 1.66 bits per heavy atom. The smallest absolute Gasteiger partial charge is 0.341 e. The normalized spacial score (nSPS) is 15.9. The van der Waals surface area contributed by atoms with Gasteiger partial charge in [-0.05, 0) is 46.1 Å². The van der Waals surface area contributed by atoms with E-state index >= 15 is 0 Å². The molecule has 5 heteroatoms. The van der Waals surface area contributed by atoms with Crippen LogP contribution in [0.1, 0.15) is 70.2 Å².